The summed E-state index contributed by atoms with van der Waals surface area (Å²) in [4.78, 5) is 2.14. The predicted molar refractivity (Wildman–Crippen MR) is 82.2 cm³/mol. The van der Waals surface area contributed by atoms with E-state index in [4.69, 9.17) is 4.74 Å². The molecule has 1 N–H and O–H groups in total. The lowest BCUT2D eigenvalue weighted by Gasteiger charge is -2.30. The Morgan fingerprint density at radius 1 is 1.37 bits per heavy atom. The van der Waals surface area contributed by atoms with Crippen LogP contribution in [0.1, 0.15) is 31.7 Å². The van der Waals surface area contributed by atoms with E-state index in [-0.39, 0.29) is 0 Å². The fourth-order valence-corrected chi connectivity index (χ4v) is 2.60. The van der Waals surface area contributed by atoms with Gasteiger partial charge in [-0.25, -0.2) is 0 Å². The van der Waals surface area contributed by atoms with Crippen molar-refractivity contribution in [3.8, 4) is 0 Å². The number of nitrogens with zero attached hydrogens (tertiary/aromatic N) is 1. The molecule has 1 aliphatic rings. The van der Waals surface area contributed by atoms with Gasteiger partial charge >= 0.3 is 0 Å². The molecule has 0 saturated carbocycles. The third-order valence-electron chi connectivity index (χ3n) is 3.91. The molecular formula is C16H26N2O. The molecule has 1 aromatic rings. The van der Waals surface area contributed by atoms with Crippen LogP contribution in [0.25, 0.3) is 0 Å². The Hall–Kier alpha value is -1.22. The molecule has 2 atom stereocenters. The van der Waals surface area contributed by atoms with Crippen LogP contribution in [0, 0.1) is 6.92 Å². The molecule has 19 heavy (non-hydrogen) atoms. The van der Waals surface area contributed by atoms with E-state index in [9.17, 15) is 0 Å². The molecular weight excluding hydrogens is 236 g/mol. The van der Waals surface area contributed by atoms with Crippen molar-refractivity contribution in [1.29, 1.82) is 0 Å². The molecule has 3 nitrogen and oxygen atoms in total. The number of benzene rings is 1. The highest BCUT2D eigenvalue weighted by Crippen LogP contribution is 2.25. The monoisotopic (exact) mass is 262 g/mol. The molecule has 2 rings (SSSR count). The molecule has 0 aromatic heterocycles. The molecule has 2 unspecified atom stereocenters. The Kier molecular flexibility index (Phi) is 4.70. The zero-order chi connectivity index (χ0) is 13.8. The van der Waals surface area contributed by atoms with Crippen LogP contribution in [-0.2, 0) is 4.74 Å². The second-order valence-electron chi connectivity index (χ2n) is 5.66. The number of nitrogens with one attached hydrogen (secondary N) is 1. The molecule has 0 aliphatic carbocycles. The highest BCUT2D eigenvalue weighted by molar-refractivity contribution is 5.60. The smallest absolute Gasteiger partial charge is 0.0592 e. The standard InChI is InChI=1S/C16H26N2O/c1-5-15-11-13(8-9-19-15)17-16-7-6-14(18(3)4)10-12(16)2/h6-7,10,13,15,17H,5,8-9,11H2,1-4H3. The lowest BCUT2D eigenvalue weighted by Crippen LogP contribution is -2.33. The predicted octanol–water partition coefficient (Wildman–Crippen LogP) is 3.43. The van der Waals surface area contributed by atoms with Crippen LogP contribution in [0.15, 0.2) is 18.2 Å². The van der Waals surface area contributed by atoms with Crippen molar-refractivity contribution >= 4 is 11.4 Å². The summed E-state index contributed by atoms with van der Waals surface area (Å²) in [5.41, 5.74) is 3.82. The Bertz CT molecular complexity index is 417. The van der Waals surface area contributed by atoms with Gasteiger partial charge in [0.1, 0.15) is 0 Å². The number of hydrogen-bond acceptors (Lipinski definition) is 3. The molecule has 0 radical (unpaired) electrons. The van der Waals surface area contributed by atoms with Gasteiger partial charge in [-0.3, -0.25) is 0 Å². The van der Waals surface area contributed by atoms with E-state index in [1.54, 1.807) is 0 Å². The largest absolute Gasteiger partial charge is 0.382 e. The van der Waals surface area contributed by atoms with Crippen molar-refractivity contribution in [1.82, 2.24) is 0 Å². The fourth-order valence-electron chi connectivity index (χ4n) is 2.60. The maximum atomic E-state index is 5.73. The molecule has 1 aliphatic heterocycles. The van der Waals surface area contributed by atoms with Crippen LogP contribution in [0.4, 0.5) is 11.4 Å². The maximum Gasteiger partial charge on any atom is 0.0592 e. The molecule has 0 spiro atoms. The highest BCUT2D eigenvalue weighted by atomic mass is 16.5. The first-order valence-corrected chi connectivity index (χ1v) is 7.26. The van der Waals surface area contributed by atoms with E-state index in [1.807, 2.05) is 0 Å². The van der Waals surface area contributed by atoms with Crippen LogP contribution in [0.3, 0.4) is 0 Å². The van der Waals surface area contributed by atoms with Crippen molar-refractivity contribution in [2.45, 2.75) is 45.3 Å². The van der Waals surface area contributed by atoms with Gasteiger partial charge in [-0.1, -0.05) is 6.92 Å². The fraction of sp³-hybridized carbons (Fsp3) is 0.625. The topological polar surface area (TPSA) is 24.5 Å². The highest BCUT2D eigenvalue weighted by Gasteiger charge is 2.21. The van der Waals surface area contributed by atoms with Crippen molar-refractivity contribution in [2.24, 2.45) is 0 Å². The molecule has 1 fully saturated rings. The SMILES string of the molecule is CCC1CC(Nc2ccc(N(C)C)cc2C)CCO1. The van der Waals surface area contributed by atoms with E-state index in [1.165, 1.54) is 16.9 Å². The zero-order valence-corrected chi connectivity index (χ0v) is 12.6. The molecule has 0 bridgehead atoms. The molecule has 3 heteroatoms. The van der Waals surface area contributed by atoms with Gasteiger partial charge in [0.05, 0.1) is 6.10 Å². The van der Waals surface area contributed by atoms with Crippen LogP contribution >= 0.6 is 0 Å². The van der Waals surface area contributed by atoms with Crippen LogP contribution in [0.5, 0.6) is 0 Å². The first kappa shape index (κ1) is 14.2. The molecule has 106 valence electrons. The number of rotatable bonds is 4. The molecule has 1 heterocycles. The third-order valence-corrected chi connectivity index (χ3v) is 3.91. The van der Waals surface area contributed by atoms with Crippen LogP contribution < -0.4 is 10.2 Å². The summed E-state index contributed by atoms with van der Waals surface area (Å²) < 4.78 is 5.73. The van der Waals surface area contributed by atoms with Gasteiger partial charge in [-0.2, -0.15) is 0 Å². The average molecular weight is 262 g/mol. The minimum absolute atomic E-state index is 0.424. The zero-order valence-electron chi connectivity index (χ0n) is 12.6. The van der Waals surface area contributed by atoms with Gasteiger partial charge in [0.25, 0.3) is 0 Å². The lowest BCUT2D eigenvalue weighted by atomic mass is 10.0. The van der Waals surface area contributed by atoms with Gasteiger partial charge in [0, 0.05) is 38.1 Å². The summed E-state index contributed by atoms with van der Waals surface area (Å²) in [6.45, 7) is 5.25. The van der Waals surface area contributed by atoms with Gasteiger partial charge < -0.3 is 15.0 Å². The number of anilines is 2. The first-order valence-electron chi connectivity index (χ1n) is 7.26. The first-order chi connectivity index (χ1) is 9.10. The lowest BCUT2D eigenvalue weighted by molar-refractivity contribution is 0.00925. The minimum Gasteiger partial charge on any atom is -0.382 e. The van der Waals surface area contributed by atoms with Crippen molar-refractivity contribution in [3.05, 3.63) is 23.8 Å². The van der Waals surface area contributed by atoms with Gasteiger partial charge in [0.2, 0.25) is 0 Å². The third kappa shape index (κ3) is 3.63. The molecule has 1 saturated heterocycles. The Labute approximate surface area is 116 Å². The summed E-state index contributed by atoms with van der Waals surface area (Å²) in [6, 6.07) is 7.15. The van der Waals surface area contributed by atoms with Gasteiger partial charge in [0.15, 0.2) is 0 Å². The van der Waals surface area contributed by atoms with Crippen LogP contribution in [-0.4, -0.2) is 32.8 Å². The Morgan fingerprint density at radius 3 is 2.79 bits per heavy atom. The van der Waals surface area contributed by atoms with Crippen molar-refractivity contribution < 1.29 is 4.74 Å². The number of ether oxygens (including phenoxy) is 1. The average Bonchev–Trinajstić information content (AvgIpc) is 2.41. The minimum atomic E-state index is 0.424. The summed E-state index contributed by atoms with van der Waals surface area (Å²) >= 11 is 0. The number of hydrogen-bond donors (Lipinski definition) is 1. The summed E-state index contributed by atoms with van der Waals surface area (Å²) in [7, 11) is 4.15. The van der Waals surface area contributed by atoms with Crippen LogP contribution in [0.2, 0.25) is 0 Å². The normalized spacial score (nSPS) is 23.2. The Balaban J connectivity index is 2.02. The summed E-state index contributed by atoms with van der Waals surface area (Å²) in [5, 5.41) is 3.68. The second kappa shape index (κ2) is 6.29. The van der Waals surface area contributed by atoms with Gasteiger partial charge in [-0.15, -0.1) is 0 Å². The van der Waals surface area contributed by atoms with E-state index >= 15 is 0 Å². The van der Waals surface area contributed by atoms with E-state index in [0.717, 1.165) is 25.9 Å². The van der Waals surface area contributed by atoms with E-state index < -0.39 is 0 Å². The van der Waals surface area contributed by atoms with E-state index in [0.29, 0.717) is 12.1 Å². The maximum absolute atomic E-state index is 5.73. The van der Waals surface area contributed by atoms with Gasteiger partial charge in [-0.05, 0) is 49.9 Å². The van der Waals surface area contributed by atoms with Crippen molar-refractivity contribution in [2.75, 3.05) is 30.9 Å². The van der Waals surface area contributed by atoms with Crippen molar-refractivity contribution in [3.63, 3.8) is 0 Å². The Morgan fingerprint density at radius 2 is 2.16 bits per heavy atom. The number of aryl methyl sites for hydroxylation is 1. The quantitative estimate of drug-likeness (QED) is 0.899. The summed E-state index contributed by atoms with van der Waals surface area (Å²) in [6.07, 6.45) is 3.75. The van der Waals surface area contributed by atoms with E-state index in [2.05, 4.69) is 56.4 Å². The summed E-state index contributed by atoms with van der Waals surface area (Å²) in [5.74, 6) is 0. The second-order valence-corrected chi connectivity index (χ2v) is 5.66. The molecule has 0 amide bonds. The molecule has 1 aromatic carbocycles.